The minimum atomic E-state index is -1.15. The third kappa shape index (κ3) is 11.1. The Morgan fingerprint density at radius 2 is 1.22 bits per heavy atom. The van der Waals surface area contributed by atoms with E-state index < -0.39 is 62.7 Å². The molecule has 0 aromatic heterocycles. The van der Waals surface area contributed by atoms with Crippen molar-refractivity contribution in [1.82, 2.24) is 10.6 Å². The van der Waals surface area contributed by atoms with E-state index in [0.717, 1.165) is 0 Å². The summed E-state index contributed by atoms with van der Waals surface area (Å²) >= 11 is 5.82. The van der Waals surface area contributed by atoms with Crippen LogP contribution in [-0.2, 0) is 0 Å². The smallest absolute Gasteiger partial charge is 0.253 e. The predicted molar refractivity (Wildman–Crippen MR) is 175 cm³/mol. The van der Waals surface area contributed by atoms with E-state index in [9.17, 15) is 30.0 Å². The Bertz CT molecular complexity index is 1190. The second-order valence-corrected chi connectivity index (χ2v) is 11.8. The van der Waals surface area contributed by atoms with Gasteiger partial charge in [0.2, 0.25) is 0 Å². The van der Waals surface area contributed by atoms with Crippen LogP contribution in [0.5, 0.6) is 0 Å². The van der Waals surface area contributed by atoms with Crippen molar-refractivity contribution >= 4 is 91.0 Å². The van der Waals surface area contributed by atoms with Gasteiger partial charge in [-0.3, -0.25) is 9.59 Å². The number of carbonyl (C=O) groups is 2. The van der Waals surface area contributed by atoms with Crippen molar-refractivity contribution in [2.45, 2.75) is 24.4 Å². The number of hydrogen-bond acceptors (Lipinski definition) is 12. The van der Waals surface area contributed by atoms with Crippen molar-refractivity contribution in [2.24, 2.45) is 0 Å². The van der Waals surface area contributed by atoms with Gasteiger partial charge in [0.25, 0.3) is 11.8 Å². The fourth-order valence-electron chi connectivity index (χ4n) is 3.13. The summed E-state index contributed by atoms with van der Waals surface area (Å²) in [5.41, 5.74) is 13.4. The molecule has 0 saturated carbocycles. The Morgan fingerprint density at radius 3 is 1.71 bits per heavy atom. The molecule has 0 fully saturated rings. The predicted octanol–water partition coefficient (Wildman–Crippen LogP) is -1.43. The van der Waals surface area contributed by atoms with Crippen LogP contribution in [0.4, 0.5) is 11.4 Å². The molecular formula is C24H33I3N4O10. The molecule has 14 nitrogen and oxygen atoms in total. The molecule has 2 aromatic carbocycles. The summed E-state index contributed by atoms with van der Waals surface area (Å²) < 4.78 is 1.59. The average Bonchev–Trinajstić information content (AvgIpc) is 2.96. The summed E-state index contributed by atoms with van der Waals surface area (Å²) in [5, 5.41) is 78.2. The molecule has 2 rings (SSSR count). The molecule has 0 heterocycles. The van der Waals surface area contributed by atoms with Gasteiger partial charge < -0.3 is 63.0 Å². The number of aliphatic hydroxyl groups excluding tert-OH is 8. The zero-order valence-corrected chi connectivity index (χ0v) is 27.9. The molecule has 230 valence electrons. The van der Waals surface area contributed by atoms with Gasteiger partial charge in [0, 0.05) is 37.0 Å². The van der Waals surface area contributed by atoms with Crippen LogP contribution in [0.2, 0.25) is 0 Å². The monoisotopic (exact) mass is 918 g/mol. The summed E-state index contributed by atoms with van der Waals surface area (Å²) in [7, 11) is 0. The lowest BCUT2D eigenvalue weighted by molar-refractivity contribution is 0.0796. The first kappa shape index (κ1) is 37.9. The van der Waals surface area contributed by atoms with E-state index in [1.54, 1.807) is 0 Å². The van der Waals surface area contributed by atoms with Gasteiger partial charge in [-0.05, 0) is 91.5 Å². The largest absolute Gasteiger partial charge is 0.399 e. The van der Waals surface area contributed by atoms with Crippen LogP contribution in [0.3, 0.4) is 0 Å². The Hall–Kier alpha value is -1.15. The normalized spacial score (nSPS) is 13.8. The molecule has 4 atom stereocenters. The number of amides is 2. The zero-order valence-electron chi connectivity index (χ0n) is 21.5. The minimum Gasteiger partial charge on any atom is -0.399 e. The molecule has 0 aliphatic carbocycles. The molecular weight excluding hydrogens is 885 g/mol. The maximum absolute atomic E-state index is 12.3. The van der Waals surface area contributed by atoms with Crippen LogP contribution in [0, 0.1) is 10.7 Å². The van der Waals surface area contributed by atoms with Crippen LogP contribution < -0.4 is 22.1 Å². The number of hydrogen-bond donors (Lipinski definition) is 12. The Morgan fingerprint density at radius 1 is 0.707 bits per heavy atom. The molecule has 0 bridgehead atoms. The Labute approximate surface area is 276 Å². The number of rotatable bonds is 12. The van der Waals surface area contributed by atoms with E-state index in [0.29, 0.717) is 27.5 Å². The summed E-state index contributed by atoms with van der Waals surface area (Å²) in [5.74, 6) is -0.970. The standard InChI is InChI=1S/C12H15I3N2O5.C12H18N2O5/c13-8-6(5(21)3-19)9(14)11(16)10(15)7(8)12(22)17-1-4(20)2-18;13-9-2-7(11(18)6-16)1-8(3-9)12(19)14-4-10(17)5-15/h4-5,18-21H,1-3,16H2,(H,17,22);1-3,10-11,15-18H,4-6,13H2,(H,14,19). The van der Waals surface area contributed by atoms with Gasteiger partial charge in [0.15, 0.2) is 0 Å². The molecule has 2 aromatic rings. The SMILES string of the molecule is Nc1c(I)c(C(=O)NCC(O)CO)c(I)c(C(O)CO)c1I.Nc1cc(C(=O)NCC(O)CO)cc(C(O)CO)c1. The molecule has 4 unspecified atom stereocenters. The molecule has 41 heavy (non-hydrogen) atoms. The number of halogens is 3. The lowest BCUT2D eigenvalue weighted by atomic mass is 10.0. The maximum atomic E-state index is 12.3. The summed E-state index contributed by atoms with van der Waals surface area (Å²) in [6.45, 7) is -2.08. The van der Waals surface area contributed by atoms with Gasteiger partial charge in [-0.1, -0.05) is 0 Å². The van der Waals surface area contributed by atoms with Gasteiger partial charge in [-0.25, -0.2) is 0 Å². The van der Waals surface area contributed by atoms with Crippen LogP contribution in [0.15, 0.2) is 18.2 Å². The number of nitrogen functional groups attached to an aromatic ring is 2. The average molecular weight is 918 g/mol. The van der Waals surface area contributed by atoms with Gasteiger partial charge in [-0.2, -0.15) is 0 Å². The van der Waals surface area contributed by atoms with E-state index in [1.165, 1.54) is 18.2 Å². The first-order chi connectivity index (χ1) is 19.2. The highest BCUT2D eigenvalue weighted by molar-refractivity contribution is 14.1. The summed E-state index contributed by atoms with van der Waals surface area (Å²) in [4.78, 5) is 24.1. The fraction of sp³-hybridized carbons (Fsp3) is 0.417. The second-order valence-electron chi connectivity index (χ2n) is 8.52. The van der Waals surface area contributed by atoms with Crippen molar-refractivity contribution in [2.75, 3.05) is 51.0 Å². The van der Waals surface area contributed by atoms with E-state index in [4.69, 9.17) is 31.9 Å². The fourth-order valence-corrected chi connectivity index (χ4v) is 7.51. The third-order valence-corrected chi connectivity index (χ3v) is 8.74. The van der Waals surface area contributed by atoms with Crippen LogP contribution in [0.25, 0.3) is 0 Å². The van der Waals surface area contributed by atoms with Gasteiger partial charge in [0.1, 0.15) is 12.2 Å². The van der Waals surface area contributed by atoms with Crippen LogP contribution in [0.1, 0.15) is 44.1 Å². The lowest BCUT2D eigenvalue weighted by Crippen LogP contribution is -2.35. The molecule has 0 spiro atoms. The molecule has 17 heteroatoms. The maximum Gasteiger partial charge on any atom is 0.253 e. The van der Waals surface area contributed by atoms with Crippen molar-refractivity contribution in [3.8, 4) is 0 Å². The van der Waals surface area contributed by atoms with E-state index in [2.05, 4.69) is 10.6 Å². The zero-order chi connectivity index (χ0) is 31.4. The van der Waals surface area contributed by atoms with Crippen LogP contribution >= 0.6 is 67.8 Å². The lowest BCUT2D eigenvalue weighted by Gasteiger charge is -2.20. The van der Waals surface area contributed by atoms with Crippen molar-refractivity contribution in [3.05, 3.63) is 51.2 Å². The topological polar surface area (TPSA) is 272 Å². The van der Waals surface area contributed by atoms with Crippen molar-refractivity contribution < 1.29 is 50.4 Å². The number of anilines is 2. The van der Waals surface area contributed by atoms with Gasteiger partial charge >= 0.3 is 0 Å². The molecule has 0 aliphatic rings. The number of nitrogens with one attached hydrogen (secondary N) is 2. The van der Waals surface area contributed by atoms with Crippen molar-refractivity contribution in [3.63, 3.8) is 0 Å². The molecule has 2 amide bonds. The summed E-state index contributed by atoms with van der Waals surface area (Å²) in [6, 6.07) is 4.27. The highest BCUT2D eigenvalue weighted by Crippen LogP contribution is 2.36. The second kappa shape index (κ2) is 18.5. The number of benzene rings is 2. The van der Waals surface area contributed by atoms with Crippen molar-refractivity contribution in [1.29, 1.82) is 0 Å². The first-order valence-corrected chi connectivity index (χ1v) is 15.1. The molecule has 0 radical (unpaired) electrons. The van der Waals surface area contributed by atoms with E-state index in [-0.39, 0.29) is 29.9 Å². The molecule has 0 saturated heterocycles. The number of nitrogens with two attached hydrogens (primary N) is 2. The quantitative estimate of drug-likeness (QED) is 0.0864. The minimum absolute atomic E-state index is 0.0952. The third-order valence-electron chi connectivity index (χ3n) is 5.33. The van der Waals surface area contributed by atoms with E-state index >= 15 is 0 Å². The first-order valence-electron chi connectivity index (χ1n) is 11.8. The number of aliphatic hydroxyl groups is 8. The summed E-state index contributed by atoms with van der Waals surface area (Å²) in [6.07, 6.45) is -4.35. The highest BCUT2D eigenvalue weighted by atomic mass is 127. The molecule has 0 aliphatic heterocycles. The highest BCUT2D eigenvalue weighted by Gasteiger charge is 2.26. The number of carbonyl (C=O) groups excluding carboxylic acids is 2. The van der Waals surface area contributed by atoms with Crippen LogP contribution in [-0.4, -0.2) is 104 Å². The Kier molecular flexibility index (Phi) is 17.1. The molecule has 14 N–H and O–H groups in total. The Balaban J connectivity index is 0.000000414. The van der Waals surface area contributed by atoms with E-state index in [1.807, 2.05) is 67.8 Å². The van der Waals surface area contributed by atoms with Gasteiger partial charge in [0.05, 0.1) is 53.5 Å². The van der Waals surface area contributed by atoms with Gasteiger partial charge in [-0.15, -0.1) is 0 Å².